The van der Waals surface area contributed by atoms with E-state index in [0.717, 1.165) is 23.3 Å². The van der Waals surface area contributed by atoms with Crippen LogP contribution in [0.1, 0.15) is 31.2 Å². The first-order valence-electron chi connectivity index (χ1n) is 10.4. The summed E-state index contributed by atoms with van der Waals surface area (Å²) in [5, 5.41) is 3.12. The molecule has 1 N–H and O–H groups in total. The summed E-state index contributed by atoms with van der Waals surface area (Å²) < 4.78 is 28.1. The average Bonchev–Trinajstić information content (AvgIpc) is 3.36. The first-order valence-corrected chi connectivity index (χ1v) is 13.1. The topological polar surface area (TPSA) is 66.5 Å². The number of thioether (sulfide) groups is 1. The Labute approximate surface area is 183 Å². The maximum absolute atomic E-state index is 13.5. The Morgan fingerprint density at radius 2 is 1.77 bits per heavy atom. The molecule has 160 valence electrons. The van der Waals surface area contributed by atoms with Gasteiger partial charge in [-0.15, -0.1) is 11.8 Å². The van der Waals surface area contributed by atoms with Crippen LogP contribution in [-0.2, 0) is 14.8 Å². The van der Waals surface area contributed by atoms with Crippen LogP contribution in [0.2, 0.25) is 0 Å². The van der Waals surface area contributed by atoms with Gasteiger partial charge in [-0.1, -0.05) is 24.1 Å². The number of hydrogen-bond donors (Lipinski definition) is 1. The fraction of sp³-hybridized carbons (Fsp3) is 0.435. The van der Waals surface area contributed by atoms with Crippen molar-refractivity contribution in [3.8, 4) is 0 Å². The van der Waals surface area contributed by atoms with Gasteiger partial charge in [0.15, 0.2) is 0 Å². The maximum Gasteiger partial charge on any atom is 0.264 e. The van der Waals surface area contributed by atoms with E-state index in [1.54, 1.807) is 48.2 Å². The highest BCUT2D eigenvalue weighted by atomic mass is 32.2. The van der Waals surface area contributed by atoms with Crippen molar-refractivity contribution in [1.82, 2.24) is 5.32 Å². The number of nitrogens with zero attached hydrogens (tertiary/aromatic N) is 1. The number of carbonyl (C=O) groups excluding carboxylic acids is 1. The number of nitrogens with one attached hydrogen (secondary N) is 1. The van der Waals surface area contributed by atoms with Gasteiger partial charge in [-0.05, 0) is 80.7 Å². The monoisotopic (exact) mass is 444 g/mol. The minimum absolute atomic E-state index is 0.180. The second-order valence-electron chi connectivity index (χ2n) is 8.37. The average molecular weight is 445 g/mol. The fourth-order valence-electron chi connectivity index (χ4n) is 4.71. The van der Waals surface area contributed by atoms with Crippen LogP contribution < -0.4 is 9.62 Å². The predicted molar refractivity (Wildman–Crippen MR) is 121 cm³/mol. The quantitative estimate of drug-likeness (QED) is 0.650. The summed E-state index contributed by atoms with van der Waals surface area (Å²) in [4.78, 5) is 14.1. The molecule has 3 atom stereocenters. The van der Waals surface area contributed by atoms with Crippen LogP contribution in [-0.4, -0.2) is 33.2 Å². The Hall–Kier alpha value is -1.99. The summed E-state index contributed by atoms with van der Waals surface area (Å²) in [7, 11) is -3.87. The minimum atomic E-state index is -3.87. The molecule has 0 aliphatic heterocycles. The van der Waals surface area contributed by atoms with Crippen molar-refractivity contribution in [3.05, 3.63) is 54.1 Å². The summed E-state index contributed by atoms with van der Waals surface area (Å²) in [5.74, 6) is 1.02. The number of anilines is 1. The Kier molecular flexibility index (Phi) is 6.11. The smallest absolute Gasteiger partial charge is 0.264 e. The molecule has 2 bridgehead atoms. The molecule has 7 heteroatoms. The highest BCUT2D eigenvalue weighted by Crippen LogP contribution is 2.44. The first-order chi connectivity index (χ1) is 14.4. The largest absolute Gasteiger partial charge is 0.352 e. The van der Waals surface area contributed by atoms with Gasteiger partial charge in [0.05, 0.1) is 10.6 Å². The number of fused-ring (bicyclic) bond motifs is 2. The van der Waals surface area contributed by atoms with E-state index in [1.165, 1.54) is 17.1 Å². The molecular formula is C23H28N2O3S2. The molecule has 2 aromatic carbocycles. The molecule has 0 aromatic heterocycles. The molecule has 30 heavy (non-hydrogen) atoms. The van der Waals surface area contributed by atoms with Crippen LogP contribution >= 0.6 is 11.8 Å². The Morgan fingerprint density at radius 3 is 2.33 bits per heavy atom. The van der Waals surface area contributed by atoms with Crippen LogP contribution in [0, 0.1) is 18.8 Å². The molecule has 2 aliphatic rings. The molecule has 0 heterocycles. The van der Waals surface area contributed by atoms with E-state index in [0.29, 0.717) is 17.5 Å². The first kappa shape index (κ1) is 21.2. The molecule has 0 radical (unpaired) electrons. The molecule has 5 nitrogen and oxygen atoms in total. The van der Waals surface area contributed by atoms with Gasteiger partial charge in [-0.3, -0.25) is 9.10 Å². The molecule has 2 saturated carbocycles. The zero-order chi connectivity index (χ0) is 21.3. The van der Waals surface area contributed by atoms with Gasteiger partial charge in [0.25, 0.3) is 10.0 Å². The Morgan fingerprint density at radius 1 is 1.07 bits per heavy atom. The second-order valence-corrected chi connectivity index (χ2v) is 11.1. The number of amides is 1. The number of carbonyl (C=O) groups is 1. The van der Waals surface area contributed by atoms with Gasteiger partial charge < -0.3 is 5.32 Å². The van der Waals surface area contributed by atoms with Crippen molar-refractivity contribution in [2.45, 2.75) is 48.4 Å². The third-order valence-corrected chi connectivity index (χ3v) is 8.87. The van der Waals surface area contributed by atoms with Crippen LogP contribution in [0.3, 0.4) is 0 Å². The van der Waals surface area contributed by atoms with Gasteiger partial charge in [-0.25, -0.2) is 8.42 Å². The molecule has 2 aromatic rings. The summed E-state index contributed by atoms with van der Waals surface area (Å²) in [6, 6.07) is 14.2. The summed E-state index contributed by atoms with van der Waals surface area (Å²) in [6.45, 7) is 1.73. The minimum Gasteiger partial charge on any atom is -0.352 e. The molecule has 1 amide bonds. The number of hydrogen-bond acceptors (Lipinski definition) is 4. The van der Waals surface area contributed by atoms with Gasteiger partial charge in [0.2, 0.25) is 5.91 Å². The normalized spacial score (nSPS) is 22.8. The number of rotatable bonds is 7. The second kappa shape index (κ2) is 8.63. The number of sulfonamides is 1. The van der Waals surface area contributed by atoms with E-state index in [2.05, 4.69) is 5.32 Å². The van der Waals surface area contributed by atoms with Gasteiger partial charge in [0.1, 0.15) is 6.54 Å². The van der Waals surface area contributed by atoms with E-state index in [-0.39, 0.29) is 23.4 Å². The zero-order valence-corrected chi connectivity index (χ0v) is 19.0. The maximum atomic E-state index is 13.5. The molecule has 2 fully saturated rings. The van der Waals surface area contributed by atoms with Crippen LogP contribution in [0.15, 0.2) is 58.3 Å². The van der Waals surface area contributed by atoms with Crippen molar-refractivity contribution >= 4 is 33.4 Å². The lowest BCUT2D eigenvalue weighted by Crippen LogP contribution is -2.46. The van der Waals surface area contributed by atoms with E-state index >= 15 is 0 Å². The van der Waals surface area contributed by atoms with E-state index in [4.69, 9.17) is 0 Å². The van der Waals surface area contributed by atoms with Crippen LogP contribution in [0.25, 0.3) is 0 Å². The lowest BCUT2D eigenvalue weighted by molar-refractivity contribution is -0.120. The lowest BCUT2D eigenvalue weighted by atomic mass is 9.95. The predicted octanol–water partition coefficient (Wildman–Crippen LogP) is 4.22. The van der Waals surface area contributed by atoms with E-state index in [9.17, 15) is 13.2 Å². The van der Waals surface area contributed by atoms with E-state index in [1.807, 2.05) is 25.3 Å². The molecule has 0 saturated heterocycles. The van der Waals surface area contributed by atoms with E-state index < -0.39 is 10.0 Å². The number of aryl methyl sites for hydroxylation is 1. The third-order valence-electron chi connectivity index (χ3n) is 6.34. The SMILES string of the molecule is CSc1ccc(S(=O)(=O)N(CC(=O)N[C@H]2C[C@@H]3CC[C@@H]2C3)c2ccc(C)cc2)cc1. The highest BCUT2D eigenvalue weighted by molar-refractivity contribution is 7.98. The Bertz CT molecular complexity index is 1000. The van der Waals surface area contributed by atoms with Crippen molar-refractivity contribution in [2.24, 2.45) is 11.8 Å². The molecule has 0 spiro atoms. The lowest BCUT2D eigenvalue weighted by Gasteiger charge is -2.27. The highest BCUT2D eigenvalue weighted by Gasteiger charge is 2.40. The molecule has 0 unspecified atom stereocenters. The molecule has 4 rings (SSSR count). The van der Waals surface area contributed by atoms with Crippen molar-refractivity contribution in [1.29, 1.82) is 0 Å². The fourth-order valence-corrected chi connectivity index (χ4v) is 6.53. The van der Waals surface area contributed by atoms with Crippen LogP contribution in [0.5, 0.6) is 0 Å². The van der Waals surface area contributed by atoms with Gasteiger partial charge in [-0.2, -0.15) is 0 Å². The third kappa shape index (κ3) is 4.37. The molecular weight excluding hydrogens is 416 g/mol. The number of benzene rings is 2. The zero-order valence-electron chi connectivity index (χ0n) is 17.4. The Balaban J connectivity index is 1.58. The standard InChI is InChI=1S/C23H28N2O3S2/c1-16-3-7-19(8-4-16)25(30(27,28)21-11-9-20(29-2)10-12-21)15-23(26)24-22-14-17-5-6-18(22)13-17/h3-4,7-12,17-18,22H,5-6,13-15H2,1-2H3,(H,24,26)/t17-,18-,22+/m1/s1. The summed E-state index contributed by atoms with van der Waals surface area (Å²) in [6.07, 6.45) is 6.57. The molecule has 2 aliphatic carbocycles. The van der Waals surface area contributed by atoms with Crippen molar-refractivity contribution in [2.75, 3.05) is 17.1 Å². The summed E-state index contributed by atoms with van der Waals surface area (Å²) >= 11 is 1.56. The van der Waals surface area contributed by atoms with Crippen molar-refractivity contribution < 1.29 is 13.2 Å². The van der Waals surface area contributed by atoms with Crippen molar-refractivity contribution in [3.63, 3.8) is 0 Å². The summed E-state index contributed by atoms with van der Waals surface area (Å²) in [5.41, 5.74) is 1.53. The van der Waals surface area contributed by atoms with Gasteiger partial charge >= 0.3 is 0 Å². The van der Waals surface area contributed by atoms with Crippen LogP contribution in [0.4, 0.5) is 5.69 Å². The van der Waals surface area contributed by atoms with Gasteiger partial charge in [0, 0.05) is 10.9 Å².